The number of nitrogens with one attached hydrogen (secondary N) is 1. The smallest absolute Gasteiger partial charge is 0.248 e. The molecule has 3 rings (SSSR count). The molecule has 1 unspecified atom stereocenters. The molecule has 8 heteroatoms. The molecule has 25 heavy (non-hydrogen) atoms. The van der Waals surface area contributed by atoms with E-state index in [-0.39, 0.29) is 11.8 Å². The second-order valence-corrected chi connectivity index (χ2v) is 7.53. The van der Waals surface area contributed by atoms with Crippen molar-refractivity contribution < 1.29 is 4.79 Å². The van der Waals surface area contributed by atoms with Gasteiger partial charge in [0.2, 0.25) is 11.0 Å². The Labute approximate surface area is 151 Å². The average molecular weight is 358 g/mol. The predicted octanol–water partition coefficient (Wildman–Crippen LogP) is 2.97. The summed E-state index contributed by atoms with van der Waals surface area (Å²) < 4.78 is 0. The first-order valence-electron chi connectivity index (χ1n) is 8.30. The number of carbonyl (C=O) groups is 1. The summed E-state index contributed by atoms with van der Waals surface area (Å²) in [5.74, 6) is 1.64. The summed E-state index contributed by atoms with van der Waals surface area (Å²) >= 11 is 1.48. The van der Waals surface area contributed by atoms with Gasteiger partial charge in [0.1, 0.15) is 16.6 Å². The van der Waals surface area contributed by atoms with Gasteiger partial charge < -0.3 is 10.2 Å². The molecule has 1 N–H and O–H groups in total. The summed E-state index contributed by atoms with van der Waals surface area (Å²) in [7, 11) is 0. The molecule has 3 heterocycles. The Balaban J connectivity index is 1.79. The van der Waals surface area contributed by atoms with Gasteiger partial charge in [-0.2, -0.15) is 0 Å². The molecule has 0 spiro atoms. The zero-order valence-corrected chi connectivity index (χ0v) is 15.6. The highest BCUT2D eigenvalue weighted by Gasteiger charge is 2.26. The molecule has 1 aliphatic rings. The van der Waals surface area contributed by atoms with Crippen LogP contribution in [0.2, 0.25) is 0 Å². The van der Waals surface area contributed by atoms with Crippen LogP contribution < -0.4 is 5.32 Å². The molecule has 0 saturated carbocycles. The number of likely N-dealkylation sites (tertiary alicyclic amines) is 1. The molecule has 0 aromatic carbocycles. The third-order valence-corrected chi connectivity index (χ3v) is 4.86. The highest BCUT2D eigenvalue weighted by atomic mass is 32.1. The highest BCUT2D eigenvalue weighted by Crippen LogP contribution is 2.28. The lowest BCUT2D eigenvalue weighted by Gasteiger charge is -2.32. The first-order chi connectivity index (χ1) is 11.9. The van der Waals surface area contributed by atoms with Crippen molar-refractivity contribution in [1.82, 2.24) is 25.1 Å². The van der Waals surface area contributed by atoms with Crippen LogP contribution in [0.3, 0.4) is 0 Å². The quantitative estimate of drug-likeness (QED) is 0.846. The Morgan fingerprint density at radius 2 is 2.16 bits per heavy atom. The summed E-state index contributed by atoms with van der Waals surface area (Å²) in [5, 5.41) is 12.9. The van der Waals surface area contributed by atoms with Gasteiger partial charge in [0.05, 0.1) is 5.69 Å². The zero-order valence-electron chi connectivity index (χ0n) is 14.7. The molecule has 0 aliphatic carbocycles. The van der Waals surface area contributed by atoms with E-state index >= 15 is 0 Å². The molecule has 1 aliphatic heterocycles. The molecule has 1 amide bonds. The van der Waals surface area contributed by atoms with E-state index in [0.29, 0.717) is 28.9 Å². The Kier molecular flexibility index (Phi) is 5.08. The Morgan fingerprint density at radius 1 is 1.36 bits per heavy atom. The van der Waals surface area contributed by atoms with Crippen LogP contribution >= 0.6 is 11.3 Å². The van der Waals surface area contributed by atoms with E-state index in [0.717, 1.165) is 30.1 Å². The van der Waals surface area contributed by atoms with E-state index in [1.165, 1.54) is 11.3 Å². The number of amides is 1. The fourth-order valence-corrected chi connectivity index (χ4v) is 3.59. The summed E-state index contributed by atoms with van der Waals surface area (Å²) in [6.45, 7) is 10.8. The largest absolute Gasteiger partial charge is 0.338 e. The van der Waals surface area contributed by atoms with Crippen LogP contribution in [-0.2, 0) is 4.79 Å². The molecular formula is C17H22N6OS. The molecule has 1 fully saturated rings. The molecule has 0 bridgehead atoms. The lowest BCUT2D eigenvalue weighted by Crippen LogP contribution is -2.39. The van der Waals surface area contributed by atoms with Crippen LogP contribution in [0.15, 0.2) is 18.2 Å². The zero-order chi connectivity index (χ0) is 18.0. The Bertz CT molecular complexity index is 802. The van der Waals surface area contributed by atoms with Crippen molar-refractivity contribution in [2.75, 3.05) is 18.4 Å². The van der Waals surface area contributed by atoms with Crippen LogP contribution in [0.4, 0.5) is 10.9 Å². The van der Waals surface area contributed by atoms with Crippen LogP contribution in [0.1, 0.15) is 42.2 Å². The predicted molar refractivity (Wildman–Crippen MR) is 98.1 cm³/mol. The number of anilines is 2. The fraction of sp³-hybridized carbons (Fsp3) is 0.471. The van der Waals surface area contributed by atoms with Gasteiger partial charge >= 0.3 is 0 Å². The summed E-state index contributed by atoms with van der Waals surface area (Å²) in [6, 6.07) is 1.95. The first kappa shape index (κ1) is 17.5. The standard InChI is InChI=1S/C17H22N6OS/c1-10(2)16(24)23-7-5-6-13(9-23)14-8-15(19-11(3)18-14)20-17-22-21-12(4)25-17/h8,13H,1,5-7,9H2,2-4H3,(H,18,19,20,22). The number of hydrogen-bond donors (Lipinski definition) is 1. The van der Waals surface area contributed by atoms with Gasteiger partial charge in [-0.25, -0.2) is 9.97 Å². The van der Waals surface area contributed by atoms with E-state index in [4.69, 9.17) is 0 Å². The number of rotatable bonds is 4. The van der Waals surface area contributed by atoms with Crippen LogP contribution in [-0.4, -0.2) is 44.1 Å². The third-order valence-electron chi connectivity index (χ3n) is 4.11. The monoisotopic (exact) mass is 358 g/mol. The van der Waals surface area contributed by atoms with E-state index in [1.54, 1.807) is 6.92 Å². The van der Waals surface area contributed by atoms with Gasteiger partial charge in [0.25, 0.3) is 0 Å². The molecule has 0 radical (unpaired) electrons. The maximum Gasteiger partial charge on any atom is 0.248 e. The SMILES string of the molecule is C=C(C)C(=O)N1CCCC(c2cc(Nc3nnc(C)s3)nc(C)n2)C1. The number of aryl methyl sites for hydroxylation is 2. The number of hydrogen-bond acceptors (Lipinski definition) is 7. The Hall–Kier alpha value is -2.35. The normalized spacial score (nSPS) is 17.4. The summed E-state index contributed by atoms with van der Waals surface area (Å²) in [4.78, 5) is 23.1. The van der Waals surface area contributed by atoms with Crippen molar-refractivity contribution >= 4 is 28.2 Å². The minimum absolute atomic E-state index is 0.0261. The highest BCUT2D eigenvalue weighted by molar-refractivity contribution is 7.15. The van der Waals surface area contributed by atoms with Gasteiger partial charge in [0, 0.05) is 30.6 Å². The number of nitrogens with zero attached hydrogens (tertiary/aromatic N) is 5. The van der Waals surface area contributed by atoms with E-state index in [1.807, 2.05) is 24.8 Å². The second-order valence-electron chi connectivity index (χ2n) is 6.35. The summed E-state index contributed by atoms with van der Waals surface area (Å²) in [5.41, 5.74) is 1.53. The minimum Gasteiger partial charge on any atom is -0.338 e. The van der Waals surface area contributed by atoms with E-state index in [2.05, 4.69) is 32.1 Å². The molecule has 1 atom stereocenters. The van der Waals surface area contributed by atoms with Crippen molar-refractivity contribution in [2.24, 2.45) is 0 Å². The van der Waals surface area contributed by atoms with Gasteiger partial charge in [-0.3, -0.25) is 4.79 Å². The molecule has 1 saturated heterocycles. The van der Waals surface area contributed by atoms with Gasteiger partial charge in [-0.15, -0.1) is 10.2 Å². The molecule has 2 aromatic rings. The molecule has 132 valence electrons. The first-order valence-corrected chi connectivity index (χ1v) is 9.11. The van der Waals surface area contributed by atoms with Gasteiger partial charge in [0.15, 0.2) is 0 Å². The lowest BCUT2D eigenvalue weighted by molar-refractivity contribution is -0.128. The lowest BCUT2D eigenvalue weighted by atomic mass is 9.94. The van der Waals surface area contributed by atoms with E-state index in [9.17, 15) is 4.79 Å². The van der Waals surface area contributed by atoms with Crippen LogP contribution in [0.25, 0.3) is 0 Å². The van der Waals surface area contributed by atoms with Crippen molar-refractivity contribution in [3.8, 4) is 0 Å². The van der Waals surface area contributed by atoms with Crippen molar-refractivity contribution in [2.45, 2.75) is 39.5 Å². The van der Waals surface area contributed by atoms with Gasteiger partial charge in [-0.05, 0) is 33.6 Å². The van der Waals surface area contributed by atoms with Crippen LogP contribution in [0.5, 0.6) is 0 Å². The van der Waals surface area contributed by atoms with Crippen molar-refractivity contribution in [3.05, 3.63) is 34.7 Å². The van der Waals surface area contributed by atoms with Crippen molar-refractivity contribution in [3.63, 3.8) is 0 Å². The number of aromatic nitrogens is 4. The average Bonchev–Trinajstić information content (AvgIpc) is 2.98. The van der Waals surface area contributed by atoms with Crippen LogP contribution in [0, 0.1) is 13.8 Å². The summed E-state index contributed by atoms with van der Waals surface area (Å²) in [6.07, 6.45) is 1.97. The van der Waals surface area contributed by atoms with Crippen molar-refractivity contribution in [1.29, 1.82) is 0 Å². The topological polar surface area (TPSA) is 83.9 Å². The fourth-order valence-electron chi connectivity index (χ4n) is 2.99. The molecule has 2 aromatic heterocycles. The number of piperidine rings is 1. The maximum atomic E-state index is 12.2. The second kappa shape index (κ2) is 7.26. The molecule has 7 nitrogen and oxygen atoms in total. The van der Waals surface area contributed by atoms with E-state index < -0.39 is 0 Å². The minimum atomic E-state index is 0.0261. The molecular weight excluding hydrogens is 336 g/mol. The maximum absolute atomic E-state index is 12.2. The Morgan fingerprint density at radius 3 is 2.84 bits per heavy atom. The number of carbonyl (C=O) groups excluding carboxylic acids is 1. The third kappa shape index (κ3) is 4.19. The van der Waals surface area contributed by atoms with Gasteiger partial charge in [-0.1, -0.05) is 17.9 Å².